The molecule has 2 N–H and O–H groups in total. The average molecular weight is 246 g/mol. The first kappa shape index (κ1) is 12.3. The Kier molecular flexibility index (Phi) is 4.29. The quantitative estimate of drug-likeness (QED) is 0.878. The van der Waals surface area contributed by atoms with E-state index in [1.165, 1.54) is 10.4 Å². The minimum atomic E-state index is 0.0493. The van der Waals surface area contributed by atoms with Crippen LogP contribution in [-0.4, -0.2) is 4.98 Å². The van der Waals surface area contributed by atoms with E-state index in [0.717, 1.165) is 25.0 Å². The second-order valence-corrected chi connectivity index (χ2v) is 5.16. The van der Waals surface area contributed by atoms with Crippen molar-refractivity contribution in [2.24, 2.45) is 5.73 Å². The summed E-state index contributed by atoms with van der Waals surface area (Å²) >= 11 is 1.79. The Balaban J connectivity index is 2.01. The second kappa shape index (κ2) is 5.94. The van der Waals surface area contributed by atoms with Crippen LogP contribution in [0.5, 0.6) is 0 Å². The van der Waals surface area contributed by atoms with Gasteiger partial charge in [-0.15, -0.1) is 11.3 Å². The minimum absolute atomic E-state index is 0.0493. The number of aryl methyl sites for hydroxylation is 2. The van der Waals surface area contributed by atoms with E-state index < -0.39 is 0 Å². The first-order valence-electron chi connectivity index (χ1n) is 6.03. The Bertz CT molecular complexity index is 451. The molecule has 17 heavy (non-hydrogen) atoms. The fourth-order valence-corrected chi connectivity index (χ4v) is 2.70. The lowest BCUT2D eigenvalue weighted by Crippen LogP contribution is -2.15. The van der Waals surface area contributed by atoms with Gasteiger partial charge in [0.15, 0.2) is 0 Å². The third-order valence-electron chi connectivity index (χ3n) is 2.94. The summed E-state index contributed by atoms with van der Waals surface area (Å²) in [5.74, 6) is 0. The van der Waals surface area contributed by atoms with Crippen molar-refractivity contribution in [2.75, 3.05) is 0 Å². The molecule has 90 valence electrons. The van der Waals surface area contributed by atoms with Crippen LogP contribution in [0.4, 0.5) is 0 Å². The number of nitrogens with two attached hydrogens (primary N) is 1. The topological polar surface area (TPSA) is 38.9 Å². The van der Waals surface area contributed by atoms with Gasteiger partial charge in [0.1, 0.15) is 0 Å². The summed E-state index contributed by atoms with van der Waals surface area (Å²) in [5, 5.41) is 2.11. The molecule has 0 saturated carbocycles. The zero-order valence-electron chi connectivity index (χ0n) is 10.1. The van der Waals surface area contributed by atoms with Crippen molar-refractivity contribution in [1.82, 2.24) is 4.98 Å². The number of aromatic nitrogens is 1. The van der Waals surface area contributed by atoms with Gasteiger partial charge in [0.2, 0.25) is 0 Å². The lowest BCUT2D eigenvalue weighted by Gasteiger charge is -2.13. The third-order valence-corrected chi connectivity index (χ3v) is 3.88. The highest BCUT2D eigenvalue weighted by molar-refractivity contribution is 7.09. The van der Waals surface area contributed by atoms with Gasteiger partial charge in [-0.2, -0.15) is 0 Å². The highest BCUT2D eigenvalue weighted by Crippen LogP contribution is 2.20. The van der Waals surface area contributed by atoms with E-state index >= 15 is 0 Å². The molecule has 0 radical (unpaired) electrons. The predicted molar refractivity (Wildman–Crippen MR) is 73.2 cm³/mol. The van der Waals surface area contributed by atoms with Crippen molar-refractivity contribution in [3.63, 3.8) is 0 Å². The predicted octanol–water partition coefficient (Wildman–Crippen LogP) is 3.34. The van der Waals surface area contributed by atoms with Gasteiger partial charge < -0.3 is 5.73 Å². The first-order valence-corrected chi connectivity index (χ1v) is 6.91. The summed E-state index contributed by atoms with van der Waals surface area (Å²) in [5.41, 5.74) is 8.56. The van der Waals surface area contributed by atoms with E-state index in [-0.39, 0.29) is 6.04 Å². The van der Waals surface area contributed by atoms with Crippen LogP contribution in [0.3, 0.4) is 0 Å². The first-order chi connectivity index (χ1) is 8.31. The molecular weight excluding hydrogens is 228 g/mol. The van der Waals surface area contributed by atoms with E-state index in [4.69, 9.17) is 5.73 Å². The van der Waals surface area contributed by atoms with E-state index in [1.807, 2.05) is 12.3 Å². The van der Waals surface area contributed by atoms with Gasteiger partial charge in [-0.05, 0) is 42.3 Å². The fourth-order valence-electron chi connectivity index (χ4n) is 1.97. The average Bonchev–Trinajstić information content (AvgIpc) is 2.89. The van der Waals surface area contributed by atoms with Gasteiger partial charge in [0, 0.05) is 17.1 Å². The number of rotatable bonds is 5. The normalized spacial score (nSPS) is 12.6. The van der Waals surface area contributed by atoms with Crippen molar-refractivity contribution in [3.8, 4) is 0 Å². The summed E-state index contributed by atoms with van der Waals surface area (Å²) in [4.78, 5) is 5.83. The molecule has 2 rings (SSSR count). The lowest BCUT2D eigenvalue weighted by atomic mass is 10.0. The van der Waals surface area contributed by atoms with E-state index in [2.05, 4.69) is 35.5 Å². The molecule has 2 nitrogen and oxygen atoms in total. The van der Waals surface area contributed by atoms with Crippen LogP contribution in [0.15, 0.2) is 35.8 Å². The maximum absolute atomic E-state index is 6.23. The monoisotopic (exact) mass is 246 g/mol. The van der Waals surface area contributed by atoms with Crippen LogP contribution in [0, 0.1) is 0 Å². The molecule has 0 aliphatic rings. The maximum atomic E-state index is 6.23. The standard InChI is InChI=1S/C14H18N2S/c1-2-11-5-3-9-16-14(11)13(15)8-7-12-6-4-10-17-12/h3-6,9-10,13H,2,7-8,15H2,1H3. The summed E-state index contributed by atoms with van der Waals surface area (Å²) < 4.78 is 0. The molecule has 0 spiro atoms. The molecule has 0 aliphatic carbocycles. The second-order valence-electron chi connectivity index (χ2n) is 4.13. The SMILES string of the molecule is CCc1cccnc1C(N)CCc1cccs1. The third kappa shape index (κ3) is 3.14. The Labute approximate surface area is 107 Å². The number of pyridine rings is 1. The summed E-state index contributed by atoms with van der Waals surface area (Å²) in [7, 11) is 0. The Hall–Kier alpha value is -1.19. The van der Waals surface area contributed by atoms with Crippen molar-refractivity contribution in [2.45, 2.75) is 32.2 Å². The van der Waals surface area contributed by atoms with Crippen LogP contribution in [0.2, 0.25) is 0 Å². The smallest absolute Gasteiger partial charge is 0.0602 e. The highest BCUT2D eigenvalue weighted by atomic mass is 32.1. The molecule has 2 heterocycles. The van der Waals surface area contributed by atoms with Crippen LogP contribution < -0.4 is 5.73 Å². The minimum Gasteiger partial charge on any atom is -0.323 e. The molecule has 0 amide bonds. The van der Waals surface area contributed by atoms with Gasteiger partial charge in [-0.25, -0.2) is 0 Å². The van der Waals surface area contributed by atoms with E-state index in [0.29, 0.717) is 0 Å². The Morgan fingerprint density at radius 2 is 2.24 bits per heavy atom. The maximum Gasteiger partial charge on any atom is 0.0602 e. The Morgan fingerprint density at radius 1 is 1.35 bits per heavy atom. The molecule has 2 aromatic rings. The largest absolute Gasteiger partial charge is 0.323 e. The zero-order chi connectivity index (χ0) is 12.1. The van der Waals surface area contributed by atoms with Crippen molar-refractivity contribution >= 4 is 11.3 Å². The fraction of sp³-hybridized carbons (Fsp3) is 0.357. The molecule has 0 aliphatic heterocycles. The number of hydrogen-bond donors (Lipinski definition) is 1. The summed E-state index contributed by atoms with van der Waals surface area (Å²) in [6.45, 7) is 2.15. The van der Waals surface area contributed by atoms with Gasteiger partial charge in [0.05, 0.1) is 5.69 Å². The molecule has 0 aromatic carbocycles. The number of hydrogen-bond acceptors (Lipinski definition) is 3. The van der Waals surface area contributed by atoms with Crippen LogP contribution in [0.1, 0.15) is 35.5 Å². The molecular formula is C14H18N2S. The number of nitrogens with zero attached hydrogens (tertiary/aromatic N) is 1. The summed E-state index contributed by atoms with van der Waals surface area (Å²) in [6.07, 6.45) is 4.83. The highest BCUT2D eigenvalue weighted by Gasteiger charge is 2.11. The Morgan fingerprint density at radius 3 is 2.94 bits per heavy atom. The van der Waals surface area contributed by atoms with Crippen molar-refractivity contribution in [1.29, 1.82) is 0 Å². The van der Waals surface area contributed by atoms with Crippen LogP contribution >= 0.6 is 11.3 Å². The van der Waals surface area contributed by atoms with Gasteiger partial charge in [0.25, 0.3) is 0 Å². The van der Waals surface area contributed by atoms with Crippen LogP contribution in [-0.2, 0) is 12.8 Å². The van der Waals surface area contributed by atoms with Gasteiger partial charge in [-0.3, -0.25) is 4.98 Å². The van der Waals surface area contributed by atoms with E-state index in [1.54, 1.807) is 11.3 Å². The molecule has 0 bridgehead atoms. The van der Waals surface area contributed by atoms with Crippen LogP contribution in [0.25, 0.3) is 0 Å². The number of thiophene rings is 1. The van der Waals surface area contributed by atoms with Gasteiger partial charge >= 0.3 is 0 Å². The van der Waals surface area contributed by atoms with E-state index in [9.17, 15) is 0 Å². The molecule has 0 saturated heterocycles. The molecule has 0 fully saturated rings. The van der Waals surface area contributed by atoms with Crippen molar-refractivity contribution in [3.05, 3.63) is 52.0 Å². The van der Waals surface area contributed by atoms with Gasteiger partial charge in [-0.1, -0.05) is 19.1 Å². The zero-order valence-corrected chi connectivity index (χ0v) is 10.9. The molecule has 1 atom stereocenters. The molecule has 2 aromatic heterocycles. The lowest BCUT2D eigenvalue weighted by molar-refractivity contribution is 0.629. The molecule has 3 heteroatoms. The summed E-state index contributed by atoms with van der Waals surface area (Å²) in [6, 6.07) is 8.40. The van der Waals surface area contributed by atoms with Crippen molar-refractivity contribution < 1.29 is 0 Å². The molecule has 1 unspecified atom stereocenters.